The van der Waals surface area contributed by atoms with Crippen molar-refractivity contribution >= 4 is 11.8 Å². The Morgan fingerprint density at radius 2 is 1.73 bits per heavy atom. The van der Waals surface area contributed by atoms with Crippen LogP contribution < -0.4 is 15.4 Å². The zero-order valence-corrected chi connectivity index (χ0v) is 16.7. The van der Waals surface area contributed by atoms with Gasteiger partial charge in [0.25, 0.3) is 0 Å². The van der Waals surface area contributed by atoms with E-state index < -0.39 is 6.36 Å². The molecular formula is C22H23F3N4O. The summed E-state index contributed by atoms with van der Waals surface area (Å²) in [5.41, 5.74) is 2.18. The molecule has 0 fully saturated rings. The molecule has 0 atom stereocenters. The van der Waals surface area contributed by atoms with E-state index in [0.717, 1.165) is 6.42 Å². The van der Waals surface area contributed by atoms with Gasteiger partial charge in [0, 0.05) is 24.2 Å². The summed E-state index contributed by atoms with van der Waals surface area (Å²) in [5.74, 6) is 0.684. The number of nitrogens with one attached hydrogen (secondary N) is 2. The molecule has 0 radical (unpaired) electrons. The summed E-state index contributed by atoms with van der Waals surface area (Å²) in [6.45, 7) is 4.56. The SMILES string of the molecule is CC(C)Nc1nc(NCCc2ccccc2)cc(-c2cccc(OC(F)(F)F)c2)n1. The van der Waals surface area contributed by atoms with Gasteiger partial charge in [-0.05, 0) is 38.0 Å². The second-order valence-corrected chi connectivity index (χ2v) is 7.00. The summed E-state index contributed by atoms with van der Waals surface area (Å²) in [6.07, 6.45) is -3.94. The van der Waals surface area contributed by atoms with Gasteiger partial charge in [-0.2, -0.15) is 4.98 Å². The third-order valence-corrected chi connectivity index (χ3v) is 4.07. The topological polar surface area (TPSA) is 59.1 Å². The average Bonchev–Trinajstić information content (AvgIpc) is 2.67. The van der Waals surface area contributed by atoms with E-state index in [-0.39, 0.29) is 11.8 Å². The van der Waals surface area contributed by atoms with E-state index in [9.17, 15) is 13.2 Å². The van der Waals surface area contributed by atoms with Crippen LogP contribution >= 0.6 is 0 Å². The molecule has 3 rings (SSSR count). The van der Waals surface area contributed by atoms with Gasteiger partial charge >= 0.3 is 6.36 Å². The number of rotatable bonds is 8. The minimum Gasteiger partial charge on any atom is -0.406 e. The van der Waals surface area contributed by atoms with Crippen molar-refractivity contribution in [1.82, 2.24) is 9.97 Å². The van der Waals surface area contributed by atoms with Crippen molar-refractivity contribution in [3.8, 4) is 17.0 Å². The molecule has 8 heteroatoms. The molecular weight excluding hydrogens is 393 g/mol. The lowest BCUT2D eigenvalue weighted by molar-refractivity contribution is -0.274. The van der Waals surface area contributed by atoms with Crippen molar-refractivity contribution < 1.29 is 17.9 Å². The van der Waals surface area contributed by atoms with Crippen LogP contribution in [0.25, 0.3) is 11.3 Å². The van der Waals surface area contributed by atoms with Crippen molar-refractivity contribution in [2.75, 3.05) is 17.2 Å². The third kappa shape index (κ3) is 6.65. The molecule has 5 nitrogen and oxygen atoms in total. The Bertz CT molecular complexity index is 962. The number of nitrogens with zero attached hydrogens (tertiary/aromatic N) is 2. The van der Waals surface area contributed by atoms with E-state index in [4.69, 9.17) is 0 Å². The van der Waals surface area contributed by atoms with Crippen molar-refractivity contribution in [2.45, 2.75) is 32.7 Å². The molecule has 0 aliphatic heterocycles. The fourth-order valence-electron chi connectivity index (χ4n) is 2.84. The number of ether oxygens (including phenoxy) is 1. The van der Waals surface area contributed by atoms with Gasteiger partial charge in [-0.1, -0.05) is 42.5 Å². The average molecular weight is 416 g/mol. The lowest BCUT2D eigenvalue weighted by Crippen LogP contribution is -2.17. The Kier molecular flexibility index (Phi) is 6.76. The number of halogens is 3. The summed E-state index contributed by atoms with van der Waals surface area (Å²) >= 11 is 0. The molecule has 0 unspecified atom stereocenters. The van der Waals surface area contributed by atoms with Crippen molar-refractivity contribution in [1.29, 1.82) is 0 Å². The van der Waals surface area contributed by atoms with Gasteiger partial charge in [0.1, 0.15) is 11.6 Å². The van der Waals surface area contributed by atoms with Gasteiger partial charge in [-0.3, -0.25) is 0 Å². The summed E-state index contributed by atoms with van der Waals surface area (Å²) in [5, 5.41) is 6.41. The lowest BCUT2D eigenvalue weighted by Gasteiger charge is -2.14. The highest BCUT2D eigenvalue weighted by atomic mass is 19.4. The predicted octanol–water partition coefficient (Wildman–Crippen LogP) is 5.52. The zero-order valence-electron chi connectivity index (χ0n) is 16.7. The number of benzene rings is 2. The first-order chi connectivity index (χ1) is 14.3. The van der Waals surface area contributed by atoms with E-state index >= 15 is 0 Å². The Morgan fingerprint density at radius 1 is 0.967 bits per heavy atom. The predicted molar refractivity (Wildman–Crippen MR) is 112 cm³/mol. The number of alkyl halides is 3. The molecule has 0 saturated carbocycles. The van der Waals surface area contributed by atoms with Crippen molar-refractivity contribution in [3.05, 3.63) is 66.2 Å². The fourth-order valence-corrected chi connectivity index (χ4v) is 2.84. The van der Waals surface area contributed by atoms with Crippen LogP contribution in [0, 0.1) is 0 Å². The summed E-state index contributed by atoms with van der Waals surface area (Å²) in [7, 11) is 0. The van der Waals surface area contributed by atoms with Gasteiger partial charge in [0.2, 0.25) is 5.95 Å². The number of hydrogen-bond acceptors (Lipinski definition) is 5. The van der Waals surface area contributed by atoms with Gasteiger partial charge < -0.3 is 15.4 Å². The maximum Gasteiger partial charge on any atom is 0.573 e. The standard InChI is InChI=1S/C22H23F3N4O/c1-15(2)27-21-28-19(17-9-6-10-18(13-17)30-22(23,24)25)14-20(29-21)26-12-11-16-7-4-3-5-8-16/h3-10,13-15H,11-12H2,1-2H3,(H2,26,27,28,29). The molecule has 2 N–H and O–H groups in total. The van der Waals surface area contributed by atoms with Crippen LogP contribution in [-0.2, 0) is 6.42 Å². The van der Waals surface area contributed by atoms with Crippen LogP contribution in [0.5, 0.6) is 5.75 Å². The fraction of sp³-hybridized carbons (Fsp3) is 0.273. The Morgan fingerprint density at radius 3 is 2.43 bits per heavy atom. The highest BCUT2D eigenvalue weighted by Crippen LogP contribution is 2.28. The molecule has 2 aromatic carbocycles. The molecule has 0 bridgehead atoms. The van der Waals surface area contributed by atoms with Crippen molar-refractivity contribution in [3.63, 3.8) is 0 Å². The first-order valence-electron chi connectivity index (χ1n) is 9.58. The second kappa shape index (κ2) is 9.47. The minimum absolute atomic E-state index is 0.0947. The Labute approximate surface area is 173 Å². The lowest BCUT2D eigenvalue weighted by atomic mass is 10.1. The minimum atomic E-state index is -4.75. The van der Waals surface area contributed by atoms with E-state index in [1.807, 2.05) is 44.2 Å². The molecule has 0 amide bonds. The van der Waals surface area contributed by atoms with Crippen LogP contribution in [0.15, 0.2) is 60.7 Å². The van der Waals surface area contributed by atoms with Crippen LogP contribution in [0.3, 0.4) is 0 Å². The molecule has 3 aromatic rings. The molecule has 1 heterocycles. The monoisotopic (exact) mass is 416 g/mol. The third-order valence-electron chi connectivity index (χ3n) is 4.07. The molecule has 0 aliphatic carbocycles. The molecule has 0 aliphatic rings. The molecule has 0 saturated heterocycles. The van der Waals surface area contributed by atoms with Crippen LogP contribution in [0.2, 0.25) is 0 Å². The quantitative estimate of drug-likeness (QED) is 0.507. The van der Waals surface area contributed by atoms with Gasteiger partial charge in [0.05, 0.1) is 5.69 Å². The number of anilines is 2. The van der Waals surface area contributed by atoms with Gasteiger partial charge in [-0.25, -0.2) is 4.98 Å². The zero-order chi connectivity index (χ0) is 21.6. The maximum atomic E-state index is 12.6. The van der Waals surface area contributed by atoms with Crippen LogP contribution in [0.4, 0.5) is 24.9 Å². The maximum absolute atomic E-state index is 12.6. The second-order valence-electron chi connectivity index (χ2n) is 7.00. The highest BCUT2D eigenvalue weighted by molar-refractivity contribution is 5.66. The molecule has 0 spiro atoms. The van der Waals surface area contributed by atoms with Crippen LogP contribution in [-0.4, -0.2) is 28.9 Å². The highest BCUT2D eigenvalue weighted by Gasteiger charge is 2.31. The van der Waals surface area contributed by atoms with E-state index in [1.165, 1.54) is 23.8 Å². The van der Waals surface area contributed by atoms with Gasteiger partial charge in [-0.15, -0.1) is 13.2 Å². The van der Waals surface area contributed by atoms with E-state index in [1.54, 1.807) is 12.1 Å². The summed E-state index contributed by atoms with van der Waals surface area (Å²) in [4.78, 5) is 8.92. The molecule has 30 heavy (non-hydrogen) atoms. The van der Waals surface area contributed by atoms with Crippen molar-refractivity contribution in [2.24, 2.45) is 0 Å². The first kappa shape index (κ1) is 21.4. The first-order valence-corrected chi connectivity index (χ1v) is 9.58. The molecule has 1 aromatic heterocycles. The van der Waals surface area contributed by atoms with Gasteiger partial charge in [0.15, 0.2) is 0 Å². The van der Waals surface area contributed by atoms with Crippen LogP contribution in [0.1, 0.15) is 19.4 Å². The Balaban J connectivity index is 1.82. The number of hydrogen-bond donors (Lipinski definition) is 2. The van der Waals surface area contributed by atoms with E-state index in [2.05, 4.69) is 25.3 Å². The molecule has 158 valence electrons. The smallest absolute Gasteiger partial charge is 0.406 e. The number of aromatic nitrogens is 2. The largest absolute Gasteiger partial charge is 0.573 e. The normalized spacial score (nSPS) is 11.4. The van der Waals surface area contributed by atoms with E-state index in [0.29, 0.717) is 29.6 Å². The summed E-state index contributed by atoms with van der Waals surface area (Å²) in [6, 6.07) is 17.6. The Hall–Kier alpha value is -3.29. The summed E-state index contributed by atoms with van der Waals surface area (Å²) < 4.78 is 41.7.